The highest BCUT2D eigenvalue weighted by Crippen LogP contribution is 2.32. The molecule has 0 unspecified atom stereocenters. The highest BCUT2D eigenvalue weighted by atomic mass is 15.2. The number of rotatable bonds is 4. The number of nitrogens with two attached hydrogens (primary N) is 1. The molecule has 2 rings (SSSR count). The van der Waals surface area contributed by atoms with E-state index in [2.05, 4.69) is 43.1 Å². The lowest BCUT2D eigenvalue weighted by molar-refractivity contribution is 0.0997. The van der Waals surface area contributed by atoms with Gasteiger partial charge in [-0.3, -0.25) is 4.90 Å². The summed E-state index contributed by atoms with van der Waals surface area (Å²) in [6.07, 6.45) is 7.92. The van der Waals surface area contributed by atoms with Crippen LogP contribution in [0.5, 0.6) is 0 Å². The molecule has 0 aliphatic heterocycles. The zero-order valence-electron chi connectivity index (χ0n) is 12.5. The van der Waals surface area contributed by atoms with Gasteiger partial charge in [0.25, 0.3) is 0 Å². The summed E-state index contributed by atoms with van der Waals surface area (Å²) in [6.45, 7) is 3.96. The van der Waals surface area contributed by atoms with Gasteiger partial charge in [0.1, 0.15) is 0 Å². The topological polar surface area (TPSA) is 29.3 Å². The second-order valence-corrected chi connectivity index (χ2v) is 6.19. The third kappa shape index (κ3) is 3.58. The molecule has 2 nitrogen and oxygen atoms in total. The van der Waals surface area contributed by atoms with E-state index in [-0.39, 0.29) is 5.54 Å². The number of hydrogen-bond acceptors (Lipinski definition) is 2. The summed E-state index contributed by atoms with van der Waals surface area (Å²) < 4.78 is 0. The molecule has 0 saturated heterocycles. The monoisotopic (exact) mass is 260 g/mol. The van der Waals surface area contributed by atoms with E-state index in [4.69, 9.17) is 5.73 Å². The van der Waals surface area contributed by atoms with Gasteiger partial charge in [-0.15, -0.1) is 0 Å². The fraction of sp³-hybridized carbons (Fsp3) is 0.647. The number of benzene rings is 1. The Hall–Kier alpha value is -0.860. The second-order valence-electron chi connectivity index (χ2n) is 6.19. The van der Waals surface area contributed by atoms with Crippen LogP contribution in [-0.2, 0) is 6.54 Å². The van der Waals surface area contributed by atoms with E-state index in [0.717, 1.165) is 13.1 Å². The molecule has 0 radical (unpaired) electrons. The molecule has 0 atom stereocenters. The fourth-order valence-electron chi connectivity index (χ4n) is 3.38. The maximum Gasteiger partial charge on any atom is 0.0332 e. The van der Waals surface area contributed by atoms with Crippen LogP contribution in [0, 0.1) is 6.92 Å². The summed E-state index contributed by atoms with van der Waals surface area (Å²) in [5.74, 6) is 0. The number of aryl methyl sites for hydroxylation is 1. The Bertz CT molecular complexity index is 392. The van der Waals surface area contributed by atoms with E-state index >= 15 is 0 Å². The Morgan fingerprint density at radius 2 is 1.84 bits per heavy atom. The van der Waals surface area contributed by atoms with E-state index in [0.29, 0.717) is 0 Å². The van der Waals surface area contributed by atoms with Crippen LogP contribution in [0.2, 0.25) is 0 Å². The van der Waals surface area contributed by atoms with Crippen molar-refractivity contribution in [3.63, 3.8) is 0 Å². The average Bonchev–Trinajstić information content (AvgIpc) is 2.65. The zero-order chi connectivity index (χ0) is 13.7. The minimum atomic E-state index is 0.222. The highest BCUT2D eigenvalue weighted by Gasteiger charge is 2.33. The smallest absolute Gasteiger partial charge is 0.0332 e. The SMILES string of the molecule is Cc1cccc(CN(C)C2(CN)CCCCCC2)c1. The van der Waals surface area contributed by atoms with Gasteiger partial charge in [-0.25, -0.2) is 0 Å². The number of likely N-dealkylation sites (N-methyl/N-ethyl adjacent to an activating group) is 1. The molecule has 1 aliphatic rings. The van der Waals surface area contributed by atoms with E-state index < -0.39 is 0 Å². The summed E-state index contributed by atoms with van der Waals surface area (Å²) >= 11 is 0. The van der Waals surface area contributed by atoms with Gasteiger partial charge >= 0.3 is 0 Å². The molecule has 19 heavy (non-hydrogen) atoms. The quantitative estimate of drug-likeness (QED) is 0.840. The van der Waals surface area contributed by atoms with Crippen molar-refractivity contribution in [2.45, 2.75) is 57.5 Å². The molecule has 1 saturated carbocycles. The molecule has 106 valence electrons. The molecule has 0 amide bonds. The van der Waals surface area contributed by atoms with Gasteiger partial charge < -0.3 is 5.73 Å². The molecule has 0 heterocycles. The van der Waals surface area contributed by atoms with Gasteiger partial charge in [-0.1, -0.05) is 55.5 Å². The zero-order valence-corrected chi connectivity index (χ0v) is 12.5. The average molecular weight is 260 g/mol. The molecule has 1 aromatic carbocycles. The summed E-state index contributed by atoms with van der Waals surface area (Å²) in [5, 5.41) is 0. The van der Waals surface area contributed by atoms with E-state index in [9.17, 15) is 0 Å². The van der Waals surface area contributed by atoms with Gasteiger partial charge in [-0.05, 0) is 32.4 Å². The summed E-state index contributed by atoms with van der Waals surface area (Å²) in [5.41, 5.74) is 9.12. The molecular formula is C17H28N2. The first kappa shape index (κ1) is 14.5. The molecular weight excluding hydrogens is 232 g/mol. The molecule has 2 heteroatoms. The molecule has 0 spiro atoms. The molecule has 2 N–H and O–H groups in total. The minimum Gasteiger partial charge on any atom is -0.329 e. The Morgan fingerprint density at radius 3 is 2.42 bits per heavy atom. The fourth-order valence-corrected chi connectivity index (χ4v) is 3.38. The standard InChI is InChI=1S/C17H28N2/c1-15-8-7-9-16(12-15)13-19(2)17(14-18)10-5-3-4-6-11-17/h7-9,12H,3-6,10-11,13-14,18H2,1-2H3. The summed E-state index contributed by atoms with van der Waals surface area (Å²) in [4.78, 5) is 2.51. The highest BCUT2D eigenvalue weighted by molar-refractivity contribution is 5.22. The molecule has 0 aromatic heterocycles. The Labute approximate surface area is 118 Å². The van der Waals surface area contributed by atoms with E-state index in [1.807, 2.05) is 0 Å². The van der Waals surface area contributed by atoms with Gasteiger partial charge in [0.05, 0.1) is 0 Å². The van der Waals surface area contributed by atoms with Gasteiger partial charge in [0.15, 0.2) is 0 Å². The maximum atomic E-state index is 6.15. The summed E-state index contributed by atoms with van der Waals surface area (Å²) in [6, 6.07) is 8.83. The Kier molecular flexibility index (Phi) is 5.00. The van der Waals surface area contributed by atoms with Gasteiger partial charge in [-0.2, -0.15) is 0 Å². The van der Waals surface area contributed by atoms with Crippen molar-refractivity contribution in [1.29, 1.82) is 0 Å². The van der Waals surface area contributed by atoms with Crippen molar-refractivity contribution in [1.82, 2.24) is 4.90 Å². The van der Waals surface area contributed by atoms with Crippen LogP contribution in [0.1, 0.15) is 49.7 Å². The third-order valence-electron chi connectivity index (χ3n) is 4.73. The third-order valence-corrected chi connectivity index (χ3v) is 4.73. The molecule has 1 aromatic rings. The van der Waals surface area contributed by atoms with Crippen LogP contribution in [0.15, 0.2) is 24.3 Å². The normalized spacial score (nSPS) is 19.4. The number of hydrogen-bond donors (Lipinski definition) is 1. The first-order valence-corrected chi connectivity index (χ1v) is 7.63. The lowest BCUT2D eigenvalue weighted by Crippen LogP contribution is -2.51. The van der Waals surface area contributed by atoms with Crippen molar-refractivity contribution < 1.29 is 0 Å². The predicted octanol–water partition coefficient (Wildman–Crippen LogP) is 3.48. The van der Waals surface area contributed by atoms with Crippen molar-refractivity contribution >= 4 is 0 Å². The van der Waals surface area contributed by atoms with Crippen LogP contribution >= 0.6 is 0 Å². The lowest BCUT2D eigenvalue weighted by atomic mass is 9.88. The van der Waals surface area contributed by atoms with Crippen molar-refractivity contribution in [2.24, 2.45) is 5.73 Å². The Morgan fingerprint density at radius 1 is 1.16 bits per heavy atom. The van der Waals surface area contributed by atoms with Gasteiger partial charge in [0.2, 0.25) is 0 Å². The molecule has 0 bridgehead atoms. The largest absolute Gasteiger partial charge is 0.329 e. The molecule has 1 aliphatic carbocycles. The lowest BCUT2D eigenvalue weighted by Gasteiger charge is -2.41. The van der Waals surface area contributed by atoms with Crippen LogP contribution in [0.3, 0.4) is 0 Å². The van der Waals surface area contributed by atoms with Gasteiger partial charge in [0, 0.05) is 18.6 Å². The van der Waals surface area contributed by atoms with Crippen molar-refractivity contribution in [3.05, 3.63) is 35.4 Å². The van der Waals surface area contributed by atoms with E-state index in [1.54, 1.807) is 0 Å². The minimum absolute atomic E-state index is 0.222. The van der Waals surface area contributed by atoms with Crippen LogP contribution in [-0.4, -0.2) is 24.0 Å². The van der Waals surface area contributed by atoms with Crippen LogP contribution in [0.25, 0.3) is 0 Å². The predicted molar refractivity (Wildman–Crippen MR) is 82.1 cm³/mol. The first-order valence-electron chi connectivity index (χ1n) is 7.63. The summed E-state index contributed by atoms with van der Waals surface area (Å²) in [7, 11) is 2.25. The molecule has 1 fully saturated rings. The Balaban J connectivity index is 2.09. The number of nitrogens with zero attached hydrogens (tertiary/aromatic N) is 1. The van der Waals surface area contributed by atoms with Crippen LogP contribution in [0.4, 0.5) is 0 Å². The maximum absolute atomic E-state index is 6.15. The van der Waals surface area contributed by atoms with E-state index in [1.165, 1.54) is 49.7 Å². The van der Waals surface area contributed by atoms with Crippen molar-refractivity contribution in [2.75, 3.05) is 13.6 Å². The second kappa shape index (κ2) is 6.53. The van der Waals surface area contributed by atoms with Crippen LogP contribution < -0.4 is 5.73 Å². The van der Waals surface area contributed by atoms with Crippen molar-refractivity contribution in [3.8, 4) is 0 Å². The first-order chi connectivity index (χ1) is 9.16.